The Morgan fingerprint density at radius 1 is 1.00 bits per heavy atom. The third-order valence-corrected chi connectivity index (χ3v) is 6.33. The number of rotatable bonds is 14. The van der Waals surface area contributed by atoms with Gasteiger partial charge in [0.05, 0.1) is 32.0 Å². The molecule has 1 aliphatic rings. The summed E-state index contributed by atoms with van der Waals surface area (Å²) >= 11 is 0. The number of nitrogens with zero attached hydrogens (tertiary/aromatic N) is 1. The summed E-state index contributed by atoms with van der Waals surface area (Å²) in [7, 11) is 0. The number of aliphatic hydroxyl groups excluding tert-OH is 3. The van der Waals surface area contributed by atoms with Gasteiger partial charge in [-0.25, -0.2) is 0 Å². The number of ether oxygens (including phenoxy) is 2. The van der Waals surface area contributed by atoms with Crippen molar-refractivity contribution in [1.82, 2.24) is 10.2 Å². The molecule has 7 nitrogen and oxygen atoms in total. The minimum Gasteiger partial charge on any atom is -0.493 e. The van der Waals surface area contributed by atoms with Gasteiger partial charge in [-0.05, 0) is 74.0 Å². The van der Waals surface area contributed by atoms with Gasteiger partial charge < -0.3 is 35.0 Å². The number of nitrogens with one attached hydrogen (secondary N) is 1. The van der Waals surface area contributed by atoms with E-state index < -0.39 is 6.10 Å². The van der Waals surface area contributed by atoms with Crippen LogP contribution in [0.4, 0.5) is 0 Å². The molecule has 4 N–H and O–H groups in total. The van der Waals surface area contributed by atoms with E-state index in [9.17, 15) is 10.2 Å². The Hall–Kier alpha value is -2.16. The Labute approximate surface area is 203 Å². The van der Waals surface area contributed by atoms with Crippen LogP contribution in [0.5, 0.6) is 11.5 Å². The summed E-state index contributed by atoms with van der Waals surface area (Å²) in [4.78, 5) is 2.29. The molecule has 0 amide bonds. The first-order valence-corrected chi connectivity index (χ1v) is 12.3. The predicted octanol–water partition coefficient (Wildman–Crippen LogP) is 2.52. The van der Waals surface area contributed by atoms with E-state index in [0.29, 0.717) is 26.3 Å². The molecular formula is C27H40N2O5. The lowest BCUT2D eigenvalue weighted by molar-refractivity contribution is 0.0942. The van der Waals surface area contributed by atoms with Crippen LogP contribution in [0.25, 0.3) is 11.1 Å². The average Bonchev–Trinajstić information content (AvgIpc) is 3.25. The minimum atomic E-state index is -0.720. The molecule has 2 aromatic rings. The van der Waals surface area contributed by atoms with E-state index in [2.05, 4.69) is 36.2 Å². The van der Waals surface area contributed by atoms with Crippen LogP contribution in [0.3, 0.4) is 0 Å². The molecule has 1 aliphatic heterocycles. The van der Waals surface area contributed by atoms with Crippen LogP contribution in [-0.4, -0.2) is 85.0 Å². The molecule has 3 rings (SSSR count). The van der Waals surface area contributed by atoms with Crippen molar-refractivity contribution in [2.24, 2.45) is 0 Å². The first kappa shape index (κ1) is 26.4. The van der Waals surface area contributed by atoms with Crippen LogP contribution in [0.15, 0.2) is 36.4 Å². The maximum absolute atomic E-state index is 9.66. The van der Waals surface area contributed by atoms with E-state index in [1.165, 1.54) is 0 Å². The highest BCUT2D eigenvalue weighted by molar-refractivity contribution is 5.74. The molecule has 34 heavy (non-hydrogen) atoms. The minimum absolute atomic E-state index is 0.176. The SMILES string of the molecule is Cc1c(OCCCNCC(O)CO)cccc1-c1cccc(OCCCN2CCC(O)C2)c1C. The van der Waals surface area contributed by atoms with E-state index in [4.69, 9.17) is 14.6 Å². The predicted molar refractivity (Wildman–Crippen MR) is 135 cm³/mol. The molecule has 0 radical (unpaired) electrons. The normalized spacial score (nSPS) is 17.1. The molecule has 0 aliphatic carbocycles. The number of hydrogen-bond donors (Lipinski definition) is 4. The van der Waals surface area contributed by atoms with Crippen molar-refractivity contribution in [2.75, 3.05) is 52.5 Å². The third kappa shape index (κ3) is 7.68. The Morgan fingerprint density at radius 3 is 2.18 bits per heavy atom. The molecule has 0 bridgehead atoms. The zero-order valence-corrected chi connectivity index (χ0v) is 20.5. The second-order valence-corrected chi connectivity index (χ2v) is 9.05. The maximum atomic E-state index is 9.66. The summed E-state index contributed by atoms with van der Waals surface area (Å²) in [6.45, 7) is 8.96. The van der Waals surface area contributed by atoms with Crippen molar-refractivity contribution in [2.45, 2.75) is 45.3 Å². The van der Waals surface area contributed by atoms with Crippen molar-refractivity contribution >= 4 is 0 Å². The maximum Gasteiger partial charge on any atom is 0.122 e. The van der Waals surface area contributed by atoms with Crippen LogP contribution in [-0.2, 0) is 0 Å². The molecule has 2 aromatic carbocycles. The van der Waals surface area contributed by atoms with Gasteiger partial charge in [0, 0.05) is 26.2 Å². The third-order valence-electron chi connectivity index (χ3n) is 6.33. The van der Waals surface area contributed by atoms with Crippen molar-refractivity contribution < 1.29 is 24.8 Å². The first-order valence-electron chi connectivity index (χ1n) is 12.3. The lowest BCUT2D eigenvalue weighted by Gasteiger charge is -2.18. The zero-order chi connectivity index (χ0) is 24.3. The second kappa shape index (κ2) is 13.7. The monoisotopic (exact) mass is 472 g/mol. The fourth-order valence-corrected chi connectivity index (χ4v) is 4.32. The zero-order valence-electron chi connectivity index (χ0n) is 20.5. The van der Waals surface area contributed by atoms with E-state index >= 15 is 0 Å². The van der Waals surface area contributed by atoms with Crippen molar-refractivity contribution in [3.8, 4) is 22.6 Å². The van der Waals surface area contributed by atoms with E-state index in [-0.39, 0.29) is 12.7 Å². The summed E-state index contributed by atoms with van der Waals surface area (Å²) < 4.78 is 12.2. The summed E-state index contributed by atoms with van der Waals surface area (Å²) in [6, 6.07) is 12.3. The van der Waals surface area contributed by atoms with Crippen LogP contribution in [0.1, 0.15) is 30.4 Å². The van der Waals surface area contributed by atoms with Crippen molar-refractivity contribution in [3.05, 3.63) is 47.5 Å². The summed E-state index contributed by atoms with van der Waals surface area (Å²) in [5, 5.41) is 31.0. The van der Waals surface area contributed by atoms with Gasteiger partial charge in [-0.1, -0.05) is 24.3 Å². The highest BCUT2D eigenvalue weighted by Gasteiger charge is 2.19. The smallest absolute Gasteiger partial charge is 0.122 e. The fraction of sp³-hybridized carbons (Fsp3) is 0.556. The van der Waals surface area contributed by atoms with Crippen molar-refractivity contribution in [3.63, 3.8) is 0 Å². The average molecular weight is 473 g/mol. The van der Waals surface area contributed by atoms with Gasteiger partial charge in [-0.2, -0.15) is 0 Å². The van der Waals surface area contributed by atoms with Crippen molar-refractivity contribution in [1.29, 1.82) is 0 Å². The Bertz CT molecular complexity index is 891. The molecule has 7 heteroatoms. The largest absolute Gasteiger partial charge is 0.493 e. The highest BCUT2D eigenvalue weighted by Crippen LogP contribution is 2.35. The standard InChI is InChI=1S/C27H40N2O5/c1-20-24(7-3-9-26(20)33-15-5-12-28-17-23(32)19-30)25-8-4-10-27(21(25)2)34-16-6-13-29-14-11-22(31)18-29/h3-4,7-10,22-23,28,30-32H,5-6,11-19H2,1-2H3. The van der Waals surface area contributed by atoms with E-state index in [1.54, 1.807) is 0 Å². The van der Waals surface area contributed by atoms with Crippen LogP contribution in [0, 0.1) is 13.8 Å². The Kier molecular flexibility index (Phi) is 10.6. The molecule has 0 saturated carbocycles. The fourth-order valence-electron chi connectivity index (χ4n) is 4.32. The van der Waals surface area contributed by atoms with Gasteiger partial charge in [0.1, 0.15) is 11.5 Å². The topological polar surface area (TPSA) is 94.4 Å². The lowest BCUT2D eigenvalue weighted by atomic mass is 9.95. The van der Waals surface area contributed by atoms with Gasteiger partial charge in [0.2, 0.25) is 0 Å². The van der Waals surface area contributed by atoms with Gasteiger partial charge in [0.15, 0.2) is 0 Å². The Balaban J connectivity index is 1.53. The quantitative estimate of drug-likeness (QED) is 0.314. The second-order valence-electron chi connectivity index (χ2n) is 9.05. The highest BCUT2D eigenvalue weighted by atomic mass is 16.5. The molecule has 1 saturated heterocycles. The number of aliphatic hydroxyl groups is 3. The molecule has 1 fully saturated rings. The number of hydrogen-bond acceptors (Lipinski definition) is 7. The van der Waals surface area contributed by atoms with E-state index in [1.807, 2.05) is 24.3 Å². The van der Waals surface area contributed by atoms with Crippen LogP contribution in [0.2, 0.25) is 0 Å². The Morgan fingerprint density at radius 2 is 1.62 bits per heavy atom. The molecule has 188 valence electrons. The van der Waals surface area contributed by atoms with Gasteiger partial charge in [-0.15, -0.1) is 0 Å². The molecular weight excluding hydrogens is 432 g/mol. The van der Waals surface area contributed by atoms with Crippen LogP contribution < -0.4 is 14.8 Å². The summed E-state index contributed by atoms with van der Waals surface area (Å²) in [5.41, 5.74) is 4.49. The van der Waals surface area contributed by atoms with E-state index in [0.717, 1.165) is 72.6 Å². The molecule has 2 unspecified atom stereocenters. The number of benzene rings is 2. The summed E-state index contributed by atoms with van der Waals surface area (Å²) in [5.74, 6) is 1.77. The van der Waals surface area contributed by atoms with Gasteiger partial charge >= 0.3 is 0 Å². The lowest BCUT2D eigenvalue weighted by Crippen LogP contribution is -2.30. The van der Waals surface area contributed by atoms with Crippen LogP contribution >= 0.6 is 0 Å². The molecule has 2 atom stereocenters. The summed E-state index contributed by atoms with van der Waals surface area (Å²) in [6.07, 6.45) is 1.72. The first-order chi connectivity index (χ1) is 16.5. The van der Waals surface area contributed by atoms with Gasteiger partial charge in [-0.3, -0.25) is 0 Å². The number of β-amino-alcohol motifs (C(OH)–C–C–N with tert-alkyl or cyclic N) is 1. The molecule has 0 aromatic heterocycles. The van der Waals surface area contributed by atoms with Gasteiger partial charge in [0.25, 0.3) is 0 Å². The number of likely N-dealkylation sites (tertiary alicyclic amines) is 1. The molecule has 1 heterocycles. The molecule has 0 spiro atoms.